The fraction of sp³-hybridized carbons (Fsp3) is 0.545. The van der Waals surface area contributed by atoms with Gasteiger partial charge in [-0.05, 0) is 80.1 Å². The lowest BCUT2D eigenvalue weighted by Crippen LogP contribution is -2.23. The predicted molar refractivity (Wildman–Crippen MR) is 335 cm³/mol. The van der Waals surface area contributed by atoms with E-state index in [4.69, 9.17) is 66.3 Å². The van der Waals surface area contributed by atoms with Crippen molar-refractivity contribution in [3.63, 3.8) is 0 Å². The van der Waals surface area contributed by atoms with Crippen LogP contribution in [-0.4, -0.2) is 223 Å². The molecular formula is C66H84O36. The van der Waals surface area contributed by atoms with Crippen molar-refractivity contribution < 1.29 is 172 Å². The monoisotopic (exact) mass is 1450 g/mol. The molecule has 6 aliphatic rings. The summed E-state index contributed by atoms with van der Waals surface area (Å²) in [6.45, 7) is 10.6. The summed E-state index contributed by atoms with van der Waals surface area (Å²) < 4.78 is 85.0. The molecule has 36 nitrogen and oxygen atoms in total. The van der Waals surface area contributed by atoms with E-state index in [0.29, 0.717) is 77.0 Å². The molecule has 0 aromatic carbocycles. The summed E-state index contributed by atoms with van der Waals surface area (Å²) in [5, 5.41) is 0. The highest BCUT2D eigenvalue weighted by Crippen LogP contribution is 2.18. The number of rotatable bonds is 26. The maximum atomic E-state index is 11.3. The largest absolute Gasteiger partial charge is 0.466 e. The highest BCUT2D eigenvalue weighted by molar-refractivity contribution is 5.95. The molecule has 36 heteroatoms. The van der Waals surface area contributed by atoms with E-state index in [2.05, 4.69) is 18.9 Å². The summed E-state index contributed by atoms with van der Waals surface area (Å²) in [6, 6.07) is 0. The van der Waals surface area contributed by atoms with E-state index < -0.39 is 77.2 Å². The molecule has 0 aromatic rings. The van der Waals surface area contributed by atoms with Gasteiger partial charge < -0.3 is 85.3 Å². The molecule has 6 rings (SSSR count). The van der Waals surface area contributed by atoms with Crippen LogP contribution < -0.4 is 0 Å². The van der Waals surface area contributed by atoms with Gasteiger partial charge >= 0.3 is 107 Å². The van der Waals surface area contributed by atoms with Crippen molar-refractivity contribution in [2.45, 2.75) is 167 Å². The molecule has 0 spiro atoms. The molecule has 0 radical (unpaired) electrons. The normalized spacial score (nSPS) is 19.4. The van der Waals surface area contributed by atoms with Crippen LogP contribution in [-0.2, 0) is 172 Å². The number of hydrogen-bond donors (Lipinski definition) is 0. The SMILES string of the molecule is CC(C)(C)OC(=O)/C=C/C(=O)OCC1CCC(=O)O1.CC(C)OC(=O)/C=C/C(=O)OCC1CCC(=O)O1.CCOC(=O)/C=C/C(=O)OCC1CCC(=O)O1.COC(=O)/C=C/C(=O)OCC1CCC(=O)O1.COC(=O)/C=C/C(=O)OC[C@@H]1CCC(=O)O1.COC(=O)/C=C/C(=O)OC[C@H]1CCC(=O)O1. The molecule has 6 saturated heterocycles. The Morgan fingerprint density at radius 2 is 0.510 bits per heavy atom. The zero-order chi connectivity index (χ0) is 76.6. The fourth-order valence-corrected chi connectivity index (χ4v) is 7.36. The van der Waals surface area contributed by atoms with Gasteiger partial charge in [0.05, 0.1) is 34.0 Å². The van der Waals surface area contributed by atoms with Crippen molar-refractivity contribution >= 4 is 107 Å². The Morgan fingerprint density at radius 3 is 0.676 bits per heavy atom. The van der Waals surface area contributed by atoms with Crippen LogP contribution in [0.15, 0.2) is 72.9 Å². The average Bonchev–Trinajstić information content (AvgIpc) is 1.82. The lowest BCUT2D eigenvalue weighted by Gasteiger charge is -2.17. The lowest BCUT2D eigenvalue weighted by molar-refractivity contribution is -0.150. The third-order valence-electron chi connectivity index (χ3n) is 12.1. The smallest absolute Gasteiger partial charge is 0.331 e. The van der Waals surface area contributed by atoms with E-state index in [1.54, 1.807) is 41.5 Å². The van der Waals surface area contributed by atoms with Crippen LogP contribution in [0.3, 0.4) is 0 Å². The zero-order valence-corrected chi connectivity index (χ0v) is 57.6. The molecule has 6 fully saturated rings. The second kappa shape index (κ2) is 50.3. The predicted octanol–water partition coefficient (Wildman–Crippen LogP) is 2.12. The Labute approximate surface area is 584 Å². The lowest BCUT2D eigenvalue weighted by atomic mass is 10.2. The molecule has 0 amide bonds. The van der Waals surface area contributed by atoms with E-state index >= 15 is 0 Å². The van der Waals surface area contributed by atoms with Gasteiger partial charge in [-0.1, -0.05) is 0 Å². The summed E-state index contributed by atoms with van der Waals surface area (Å²) in [7, 11) is 3.61. The van der Waals surface area contributed by atoms with Gasteiger partial charge in [-0.2, -0.15) is 0 Å². The number of methoxy groups -OCH3 is 3. The summed E-state index contributed by atoms with van der Waals surface area (Å²) in [4.78, 5) is 196. The van der Waals surface area contributed by atoms with Gasteiger partial charge in [-0.3, -0.25) is 28.8 Å². The molecule has 6 atom stereocenters. The molecule has 4 unspecified atom stereocenters. The van der Waals surface area contributed by atoms with Crippen molar-refractivity contribution in [2.75, 3.05) is 67.6 Å². The summed E-state index contributed by atoms with van der Waals surface area (Å²) in [6.07, 6.45) is 14.6. The van der Waals surface area contributed by atoms with E-state index in [9.17, 15) is 86.3 Å². The molecule has 6 heterocycles. The van der Waals surface area contributed by atoms with Crippen LogP contribution in [0.25, 0.3) is 0 Å². The molecule has 0 bridgehead atoms. The second-order valence-electron chi connectivity index (χ2n) is 22.0. The van der Waals surface area contributed by atoms with Crippen LogP contribution in [0, 0.1) is 0 Å². The van der Waals surface area contributed by atoms with Crippen molar-refractivity contribution in [1.82, 2.24) is 0 Å². The molecule has 0 aromatic heterocycles. The second-order valence-corrected chi connectivity index (χ2v) is 22.0. The van der Waals surface area contributed by atoms with E-state index in [0.717, 1.165) is 72.9 Å². The van der Waals surface area contributed by atoms with Gasteiger partial charge in [0.25, 0.3) is 0 Å². The fourth-order valence-electron chi connectivity index (χ4n) is 7.36. The quantitative estimate of drug-likeness (QED) is 0.0680. The first kappa shape index (κ1) is 88.9. The Kier molecular flexibility index (Phi) is 43.8. The minimum Gasteiger partial charge on any atom is -0.466 e. The molecule has 0 aliphatic carbocycles. The van der Waals surface area contributed by atoms with Crippen molar-refractivity contribution in [1.29, 1.82) is 0 Å². The first-order valence-corrected chi connectivity index (χ1v) is 31.3. The number of cyclic esters (lactones) is 6. The summed E-state index contributed by atoms with van der Waals surface area (Å²) in [5.74, 6) is -9.46. The minimum atomic E-state index is -0.673. The zero-order valence-electron chi connectivity index (χ0n) is 57.6. The first-order valence-electron chi connectivity index (χ1n) is 31.3. The van der Waals surface area contributed by atoms with Crippen LogP contribution in [0.5, 0.6) is 0 Å². The maximum Gasteiger partial charge on any atom is 0.331 e. The number of hydrogen-bond acceptors (Lipinski definition) is 36. The van der Waals surface area contributed by atoms with E-state index in [-0.39, 0.29) is 125 Å². The summed E-state index contributed by atoms with van der Waals surface area (Å²) >= 11 is 0. The molecule has 6 aliphatic heterocycles. The van der Waals surface area contributed by atoms with E-state index in [1.165, 1.54) is 21.3 Å². The Hall–Kier alpha value is -11.1. The average molecular weight is 1450 g/mol. The highest BCUT2D eigenvalue weighted by atomic mass is 16.6. The molecule has 102 heavy (non-hydrogen) atoms. The Morgan fingerprint density at radius 1 is 0.324 bits per heavy atom. The third-order valence-corrected chi connectivity index (χ3v) is 12.1. The maximum absolute atomic E-state index is 11.3. The van der Waals surface area contributed by atoms with E-state index in [1.807, 2.05) is 0 Å². The molecular weight excluding hydrogens is 1370 g/mol. The van der Waals surface area contributed by atoms with Crippen LogP contribution in [0.2, 0.25) is 0 Å². The molecule has 564 valence electrons. The first-order chi connectivity index (χ1) is 48.2. The Bertz CT molecular complexity index is 2930. The number of ether oxygens (including phenoxy) is 18. The minimum absolute atomic E-state index is 0.00321. The van der Waals surface area contributed by atoms with Gasteiger partial charge in [0, 0.05) is 111 Å². The van der Waals surface area contributed by atoms with Crippen LogP contribution in [0.4, 0.5) is 0 Å². The van der Waals surface area contributed by atoms with Crippen LogP contribution in [0.1, 0.15) is 119 Å². The van der Waals surface area contributed by atoms with Gasteiger partial charge in [-0.25, -0.2) is 57.5 Å². The number of carbonyl (C=O) groups is 18. The number of carbonyl (C=O) groups excluding carboxylic acids is 18. The van der Waals surface area contributed by atoms with Crippen LogP contribution >= 0.6 is 0 Å². The molecule has 0 saturated carbocycles. The number of esters is 18. The van der Waals surface area contributed by atoms with Gasteiger partial charge in [0.15, 0.2) is 0 Å². The Balaban J connectivity index is 0.000000613. The third kappa shape index (κ3) is 47.0. The highest BCUT2D eigenvalue weighted by Gasteiger charge is 2.29. The van der Waals surface area contributed by atoms with Gasteiger partial charge in [-0.15, -0.1) is 0 Å². The van der Waals surface area contributed by atoms with Gasteiger partial charge in [0.2, 0.25) is 0 Å². The van der Waals surface area contributed by atoms with Crippen molar-refractivity contribution in [3.05, 3.63) is 72.9 Å². The molecule has 0 N–H and O–H groups in total. The van der Waals surface area contributed by atoms with Gasteiger partial charge in [0.1, 0.15) is 81.9 Å². The standard InChI is InChI=1S/C13H18O6.C12H16O6.C11H14O6.3C10H12O6/c1-13(2,3)19-12(16)7-6-10(14)17-8-9-4-5-11(15)18-9;1-8(2)17-11(14)6-5-10(13)16-7-9-3-4-12(15)18-9;1-2-15-9(12)5-6-10(13)16-7-8-3-4-11(14)17-8;3*1-14-8(11)4-5-9(12)15-6-7-2-3-10(13)16-7/h6-7,9H,4-5,8H2,1-3H3;5-6,8-9H,3-4,7H2,1-2H3;5-6,8H,2-4,7H2,1H3;3*4-5,7H,2-3,6H2,1H3/b7-6+;2*6-5+;3*5-4+/t;;;2*7-;/m...10./s1. The topological polar surface area (TPSA) is 473 Å². The van der Waals surface area contributed by atoms with Crippen molar-refractivity contribution in [3.8, 4) is 0 Å². The summed E-state index contributed by atoms with van der Waals surface area (Å²) in [5.41, 5.74) is -0.608. The van der Waals surface area contributed by atoms with Crippen molar-refractivity contribution in [2.24, 2.45) is 0 Å².